The van der Waals surface area contributed by atoms with Crippen molar-refractivity contribution in [1.82, 2.24) is 9.55 Å². The third kappa shape index (κ3) is 4.55. The Morgan fingerprint density at radius 2 is 1.93 bits per heavy atom. The van der Waals surface area contributed by atoms with Crippen LogP contribution in [0, 0.1) is 10.8 Å². The highest BCUT2D eigenvalue weighted by Crippen LogP contribution is 2.35. The lowest BCUT2D eigenvalue weighted by Crippen LogP contribution is -2.16. The average molecular weight is 370 g/mol. The molecular weight excluding hydrogens is 334 g/mol. The number of hydrogen-bond acceptors (Lipinski definition) is 3. The predicted molar refractivity (Wildman–Crippen MR) is 113 cm³/mol. The molecule has 0 aromatic carbocycles. The Hall–Kier alpha value is -1.81. The van der Waals surface area contributed by atoms with Crippen molar-refractivity contribution in [1.29, 1.82) is 0 Å². The first kappa shape index (κ1) is 19.9. The number of allylic oxidation sites excluding steroid dienone is 6. The molecule has 0 spiro atoms. The minimum Gasteiger partial charge on any atom is -0.313 e. The van der Waals surface area contributed by atoms with Crippen LogP contribution >= 0.6 is 0 Å². The van der Waals surface area contributed by atoms with Gasteiger partial charge in [-0.3, -0.25) is 10.7 Å². The van der Waals surface area contributed by atoms with Crippen LogP contribution in [0.2, 0.25) is 0 Å². The van der Waals surface area contributed by atoms with E-state index in [0.717, 1.165) is 55.1 Å². The predicted octanol–water partition coefficient (Wildman–Crippen LogP) is 6.14. The van der Waals surface area contributed by atoms with Crippen molar-refractivity contribution in [2.24, 2.45) is 10.8 Å². The molecule has 0 saturated heterocycles. The van der Waals surface area contributed by atoms with Crippen molar-refractivity contribution in [3.05, 3.63) is 41.9 Å². The van der Waals surface area contributed by atoms with Crippen LogP contribution in [0.1, 0.15) is 77.7 Å². The summed E-state index contributed by atoms with van der Waals surface area (Å²) in [5.41, 5.74) is 4.84. The first-order valence-electron chi connectivity index (χ1n) is 10.5. The summed E-state index contributed by atoms with van der Waals surface area (Å²) in [5.74, 6) is 1.81. The molecule has 1 aliphatic carbocycles. The molecule has 1 atom stereocenters. The van der Waals surface area contributed by atoms with Gasteiger partial charge in [0.05, 0.1) is 0 Å². The Labute approximate surface area is 164 Å². The van der Waals surface area contributed by atoms with Gasteiger partial charge in [-0.25, -0.2) is 4.98 Å². The zero-order chi connectivity index (χ0) is 19.5. The summed E-state index contributed by atoms with van der Waals surface area (Å²) in [6, 6.07) is 0. The minimum atomic E-state index is 0.0702. The largest absolute Gasteiger partial charge is 0.313 e. The molecule has 1 aliphatic heterocycles. The number of imidazole rings is 1. The lowest BCUT2D eigenvalue weighted by molar-refractivity contribution is 0.275. The van der Waals surface area contributed by atoms with E-state index in [1.165, 1.54) is 19.3 Å². The van der Waals surface area contributed by atoms with Gasteiger partial charge in [0.1, 0.15) is 11.5 Å². The SMILES string of the molecule is CCC1(C)C=CC=C(c2nc3n(c2NO)CCCC(C)(C)CCCC3)C=C1. The summed E-state index contributed by atoms with van der Waals surface area (Å²) in [7, 11) is 0. The van der Waals surface area contributed by atoms with Gasteiger partial charge in [0.2, 0.25) is 0 Å². The number of aryl methyl sites for hydroxylation is 1. The first-order valence-corrected chi connectivity index (χ1v) is 10.5. The highest BCUT2D eigenvalue weighted by atomic mass is 16.5. The van der Waals surface area contributed by atoms with E-state index in [0.29, 0.717) is 5.41 Å². The molecule has 0 saturated carbocycles. The molecule has 3 rings (SSSR count). The summed E-state index contributed by atoms with van der Waals surface area (Å²) in [6.07, 6.45) is 18.9. The summed E-state index contributed by atoms with van der Waals surface area (Å²) in [5, 5.41) is 9.92. The number of anilines is 1. The molecule has 1 aromatic heterocycles. The Kier molecular flexibility index (Phi) is 5.95. The summed E-state index contributed by atoms with van der Waals surface area (Å²) in [6.45, 7) is 10.1. The maximum absolute atomic E-state index is 9.92. The van der Waals surface area contributed by atoms with Crippen LogP contribution in [0.3, 0.4) is 0 Å². The van der Waals surface area contributed by atoms with Crippen LogP contribution in [0.25, 0.3) is 5.57 Å². The van der Waals surface area contributed by atoms with Crippen LogP contribution < -0.4 is 5.48 Å². The first-order chi connectivity index (χ1) is 12.9. The standard InChI is InChI=1S/C23H35N3O/c1-5-23(4)15-8-10-18(12-16-23)20-21(25-27)26-17-9-14-22(2,3)13-7-6-11-19(26)24-20/h8,10,12,15-16,25,27H,5-7,9,11,13-14,17H2,1-4H3. The van der Waals surface area contributed by atoms with Crippen LogP contribution in [0.5, 0.6) is 0 Å². The third-order valence-corrected chi connectivity index (χ3v) is 6.32. The zero-order valence-electron chi connectivity index (χ0n) is 17.4. The molecule has 0 fully saturated rings. The third-order valence-electron chi connectivity index (χ3n) is 6.32. The van der Waals surface area contributed by atoms with E-state index in [2.05, 4.69) is 68.1 Å². The van der Waals surface area contributed by atoms with Gasteiger partial charge in [-0.2, -0.15) is 0 Å². The molecule has 2 N–H and O–H groups in total. The van der Waals surface area contributed by atoms with Gasteiger partial charge in [-0.1, -0.05) is 64.5 Å². The Morgan fingerprint density at radius 3 is 2.67 bits per heavy atom. The van der Waals surface area contributed by atoms with E-state index in [1.54, 1.807) is 0 Å². The number of aromatic nitrogens is 2. The fraction of sp³-hybridized carbons (Fsp3) is 0.609. The van der Waals surface area contributed by atoms with Gasteiger partial charge in [0, 0.05) is 24.0 Å². The quantitative estimate of drug-likeness (QED) is 0.629. The summed E-state index contributed by atoms with van der Waals surface area (Å²) in [4.78, 5) is 4.96. The van der Waals surface area contributed by atoms with Gasteiger partial charge in [0.25, 0.3) is 0 Å². The second kappa shape index (κ2) is 8.05. The summed E-state index contributed by atoms with van der Waals surface area (Å²) < 4.78 is 2.19. The van der Waals surface area contributed by atoms with Crippen LogP contribution in [0.4, 0.5) is 5.82 Å². The number of rotatable bonds is 3. The van der Waals surface area contributed by atoms with E-state index >= 15 is 0 Å². The maximum Gasteiger partial charge on any atom is 0.158 e. The molecular formula is C23H35N3O. The molecule has 148 valence electrons. The van der Waals surface area contributed by atoms with Crippen LogP contribution in [-0.2, 0) is 13.0 Å². The minimum absolute atomic E-state index is 0.0702. The molecule has 0 amide bonds. The van der Waals surface area contributed by atoms with E-state index in [-0.39, 0.29) is 5.41 Å². The molecule has 4 heteroatoms. The van der Waals surface area contributed by atoms with E-state index in [4.69, 9.17) is 4.98 Å². The normalized spacial score (nSPS) is 25.4. The lowest BCUT2D eigenvalue weighted by Gasteiger charge is -2.26. The van der Waals surface area contributed by atoms with Gasteiger partial charge in [-0.15, -0.1) is 0 Å². The van der Waals surface area contributed by atoms with Gasteiger partial charge >= 0.3 is 0 Å². The maximum atomic E-state index is 9.92. The summed E-state index contributed by atoms with van der Waals surface area (Å²) >= 11 is 0. The molecule has 1 unspecified atom stereocenters. The van der Waals surface area contributed by atoms with Gasteiger partial charge in [0.15, 0.2) is 5.82 Å². The van der Waals surface area contributed by atoms with E-state index in [1.807, 2.05) is 0 Å². The molecule has 4 nitrogen and oxygen atoms in total. The Morgan fingerprint density at radius 1 is 1.15 bits per heavy atom. The van der Waals surface area contributed by atoms with Crippen molar-refractivity contribution < 1.29 is 5.21 Å². The molecule has 2 heterocycles. The second-order valence-electron chi connectivity index (χ2n) is 9.14. The van der Waals surface area contributed by atoms with Crippen molar-refractivity contribution in [3.63, 3.8) is 0 Å². The molecule has 0 bridgehead atoms. The topological polar surface area (TPSA) is 50.1 Å². The Balaban J connectivity index is 1.95. The molecule has 1 aromatic rings. The highest BCUT2D eigenvalue weighted by Gasteiger charge is 2.24. The van der Waals surface area contributed by atoms with Crippen molar-refractivity contribution in [2.75, 3.05) is 5.48 Å². The molecule has 2 aliphatic rings. The van der Waals surface area contributed by atoms with Crippen molar-refractivity contribution in [2.45, 2.75) is 79.2 Å². The highest BCUT2D eigenvalue weighted by molar-refractivity contribution is 5.80. The monoisotopic (exact) mass is 369 g/mol. The van der Waals surface area contributed by atoms with Gasteiger partial charge in [-0.05, 0) is 37.5 Å². The second-order valence-corrected chi connectivity index (χ2v) is 9.14. The van der Waals surface area contributed by atoms with Crippen LogP contribution in [-0.4, -0.2) is 14.8 Å². The lowest BCUT2D eigenvalue weighted by atomic mass is 9.82. The van der Waals surface area contributed by atoms with E-state index < -0.39 is 0 Å². The number of nitrogens with zero attached hydrogens (tertiary/aromatic N) is 2. The zero-order valence-corrected chi connectivity index (χ0v) is 17.4. The molecule has 27 heavy (non-hydrogen) atoms. The number of hydrogen-bond donors (Lipinski definition) is 2. The fourth-order valence-corrected chi connectivity index (χ4v) is 4.13. The smallest absolute Gasteiger partial charge is 0.158 e. The van der Waals surface area contributed by atoms with Crippen molar-refractivity contribution in [3.8, 4) is 0 Å². The fourth-order valence-electron chi connectivity index (χ4n) is 4.13. The van der Waals surface area contributed by atoms with E-state index in [9.17, 15) is 5.21 Å². The van der Waals surface area contributed by atoms with Crippen LogP contribution in [0.15, 0.2) is 30.4 Å². The number of nitrogens with one attached hydrogen (secondary N) is 1. The molecule has 0 radical (unpaired) electrons. The Bertz CT molecular complexity index is 754. The van der Waals surface area contributed by atoms with Gasteiger partial charge < -0.3 is 4.57 Å². The number of fused-ring (bicyclic) bond motifs is 1. The van der Waals surface area contributed by atoms with Crippen molar-refractivity contribution >= 4 is 11.4 Å². The average Bonchev–Trinajstić information content (AvgIpc) is 2.86.